The highest BCUT2D eigenvalue weighted by atomic mass is 16.5. The van der Waals surface area contributed by atoms with Crippen LogP contribution in [0.25, 0.3) is 0 Å². The van der Waals surface area contributed by atoms with Crippen molar-refractivity contribution in [1.29, 1.82) is 0 Å². The lowest BCUT2D eigenvalue weighted by atomic mass is 9.76. The van der Waals surface area contributed by atoms with E-state index in [1.165, 1.54) is 0 Å². The first-order chi connectivity index (χ1) is 14.7. The van der Waals surface area contributed by atoms with Gasteiger partial charge in [0.2, 0.25) is 5.91 Å². The molecule has 6 nitrogen and oxygen atoms in total. The number of pyridine rings is 2. The molecule has 30 heavy (non-hydrogen) atoms. The summed E-state index contributed by atoms with van der Waals surface area (Å²) in [6, 6.07) is 19.5. The molecule has 6 heteroatoms. The summed E-state index contributed by atoms with van der Waals surface area (Å²) in [5, 5.41) is 0. The van der Waals surface area contributed by atoms with Gasteiger partial charge in [-0.15, -0.1) is 0 Å². The van der Waals surface area contributed by atoms with Crippen LogP contribution in [0.1, 0.15) is 29.8 Å². The minimum absolute atomic E-state index is 0.314. The lowest BCUT2D eigenvalue weighted by molar-refractivity contribution is -0.126. The molecule has 3 aromatic rings. The lowest BCUT2D eigenvalue weighted by Gasteiger charge is -2.40. The number of aromatic nitrogens is 2. The number of nitrogens with zero attached hydrogens (tertiary/aromatic N) is 3. The molecule has 1 aromatic carbocycles. The highest BCUT2D eigenvalue weighted by molar-refractivity contribution is 5.86. The molecule has 0 saturated carbocycles. The van der Waals surface area contributed by atoms with Crippen molar-refractivity contribution in [2.45, 2.75) is 31.4 Å². The third-order valence-corrected chi connectivity index (χ3v) is 5.67. The Hall–Kier alpha value is -3.25. The average molecular weight is 402 g/mol. The van der Waals surface area contributed by atoms with Gasteiger partial charge in [0.15, 0.2) is 0 Å². The first kappa shape index (κ1) is 20.0. The van der Waals surface area contributed by atoms with Gasteiger partial charge in [-0.25, -0.2) is 0 Å². The second kappa shape index (κ2) is 9.05. The first-order valence-corrected chi connectivity index (χ1v) is 10.2. The molecular weight excluding hydrogens is 376 g/mol. The Morgan fingerprint density at radius 3 is 2.53 bits per heavy atom. The molecular formula is C24H26N4O2. The van der Waals surface area contributed by atoms with Crippen LogP contribution in [0.5, 0.6) is 5.75 Å². The maximum atomic E-state index is 12.5. The number of piperidine rings is 1. The topological polar surface area (TPSA) is 81.3 Å². The summed E-state index contributed by atoms with van der Waals surface area (Å²) in [6.45, 7) is 2.54. The highest BCUT2D eigenvalue weighted by Gasteiger charge is 2.43. The smallest absolute Gasteiger partial charge is 0.230 e. The number of likely N-dealkylation sites (tertiary alicyclic amines) is 1. The fourth-order valence-corrected chi connectivity index (χ4v) is 4.11. The summed E-state index contributed by atoms with van der Waals surface area (Å²) in [7, 11) is 0. The Kier molecular flexibility index (Phi) is 6.05. The Bertz CT molecular complexity index is 981. The molecule has 1 aliphatic heterocycles. The van der Waals surface area contributed by atoms with E-state index in [2.05, 4.69) is 20.9 Å². The molecule has 0 bridgehead atoms. The highest BCUT2D eigenvalue weighted by Crippen LogP contribution is 2.34. The van der Waals surface area contributed by atoms with Gasteiger partial charge >= 0.3 is 0 Å². The number of carbonyl (C=O) groups excluding carboxylic acids is 1. The van der Waals surface area contributed by atoms with E-state index in [1.807, 2.05) is 54.6 Å². The Morgan fingerprint density at radius 2 is 1.80 bits per heavy atom. The molecule has 1 saturated heterocycles. The van der Waals surface area contributed by atoms with E-state index in [4.69, 9.17) is 10.5 Å². The second-order valence-electron chi connectivity index (χ2n) is 7.69. The van der Waals surface area contributed by atoms with Crippen molar-refractivity contribution < 1.29 is 9.53 Å². The van der Waals surface area contributed by atoms with Crippen molar-refractivity contribution in [2.24, 2.45) is 5.73 Å². The van der Waals surface area contributed by atoms with Crippen LogP contribution in [0.4, 0.5) is 0 Å². The number of primary amides is 1. The maximum absolute atomic E-state index is 12.5. The van der Waals surface area contributed by atoms with Crippen LogP contribution in [-0.4, -0.2) is 33.9 Å². The number of ether oxygens (including phenoxy) is 1. The van der Waals surface area contributed by atoms with Gasteiger partial charge < -0.3 is 10.5 Å². The third kappa shape index (κ3) is 4.33. The zero-order valence-electron chi connectivity index (χ0n) is 16.9. The molecule has 2 aromatic heterocycles. The van der Waals surface area contributed by atoms with Crippen molar-refractivity contribution in [3.63, 3.8) is 0 Å². The molecule has 0 spiro atoms. The number of hydrogen-bond acceptors (Lipinski definition) is 5. The molecule has 0 radical (unpaired) electrons. The summed E-state index contributed by atoms with van der Waals surface area (Å²) < 4.78 is 6.06. The number of amides is 1. The molecule has 154 valence electrons. The Morgan fingerprint density at radius 1 is 1.03 bits per heavy atom. The molecule has 0 unspecified atom stereocenters. The molecule has 1 aliphatic rings. The van der Waals surface area contributed by atoms with E-state index >= 15 is 0 Å². The molecule has 1 amide bonds. The van der Waals surface area contributed by atoms with Crippen molar-refractivity contribution >= 4 is 5.91 Å². The van der Waals surface area contributed by atoms with Crippen LogP contribution < -0.4 is 10.5 Å². The summed E-state index contributed by atoms with van der Waals surface area (Å²) in [4.78, 5) is 23.6. The van der Waals surface area contributed by atoms with Crippen LogP contribution in [0.3, 0.4) is 0 Å². The Labute approximate surface area is 176 Å². The van der Waals surface area contributed by atoms with Crippen molar-refractivity contribution in [3.05, 3.63) is 90.0 Å². The van der Waals surface area contributed by atoms with Gasteiger partial charge in [0, 0.05) is 31.0 Å². The standard InChI is InChI=1S/C24H26N4O2/c25-23(29)24(22-11-4-6-14-27-22)12-7-15-28(18-24)16-19-8-1-2-10-21(19)30-17-20-9-3-5-13-26-20/h1-6,8-11,13-14H,7,12,15-18H2,(H2,25,29)/t24-/m0/s1. The van der Waals surface area contributed by atoms with Crippen LogP contribution in [-0.2, 0) is 23.4 Å². The van der Waals surface area contributed by atoms with Gasteiger partial charge in [-0.1, -0.05) is 30.3 Å². The fourth-order valence-electron chi connectivity index (χ4n) is 4.11. The maximum Gasteiger partial charge on any atom is 0.230 e. The van der Waals surface area contributed by atoms with E-state index in [9.17, 15) is 4.79 Å². The zero-order valence-corrected chi connectivity index (χ0v) is 16.9. The summed E-state index contributed by atoms with van der Waals surface area (Å²) in [6.07, 6.45) is 5.09. The van der Waals surface area contributed by atoms with Gasteiger partial charge in [0.25, 0.3) is 0 Å². The fraction of sp³-hybridized carbons (Fsp3) is 0.292. The minimum atomic E-state index is -0.761. The van der Waals surface area contributed by atoms with Crippen molar-refractivity contribution in [3.8, 4) is 5.75 Å². The minimum Gasteiger partial charge on any atom is -0.487 e. The molecule has 4 rings (SSSR count). The molecule has 0 aliphatic carbocycles. The van der Waals surface area contributed by atoms with Crippen LogP contribution in [0.2, 0.25) is 0 Å². The number of benzene rings is 1. The first-order valence-electron chi connectivity index (χ1n) is 10.2. The van der Waals surface area contributed by atoms with Crippen LogP contribution >= 0.6 is 0 Å². The van der Waals surface area contributed by atoms with Crippen molar-refractivity contribution in [2.75, 3.05) is 13.1 Å². The third-order valence-electron chi connectivity index (χ3n) is 5.67. The largest absolute Gasteiger partial charge is 0.487 e. The SMILES string of the molecule is NC(=O)[C@@]1(c2ccccn2)CCCN(Cc2ccccc2OCc2ccccn2)C1. The number of carbonyl (C=O) groups is 1. The van der Waals surface area contributed by atoms with Crippen LogP contribution in [0.15, 0.2) is 73.1 Å². The monoisotopic (exact) mass is 402 g/mol. The number of hydrogen-bond donors (Lipinski definition) is 1. The summed E-state index contributed by atoms with van der Waals surface area (Å²) in [5.74, 6) is 0.516. The molecule has 1 atom stereocenters. The second-order valence-corrected chi connectivity index (χ2v) is 7.69. The summed E-state index contributed by atoms with van der Waals surface area (Å²) >= 11 is 0. The van der Waals surface area contributed by atoms with E-state index in [0.29, 0.717) is 26.1 Å². The predicted molar refractivity (Wildman–Crippen MR) is 115 cm³/mol. The molecule has 1 fully saturated rings. The number of nitrogens with two attached hydrogens (primary N) is 1. The van der Waals surface area contributed by atoms with Crippen molar-refractivity contribution in [1.82, 2.24) is 14.9 Å². The van der Waals surface area contributed by atoms with Gasteiger partial charge in [-0.3, -0.25) is 19.7 Å². The zero-order chi connectivity index (χ0) is 20.8. The Balaban J connectivity index is 1.51. The normalized spacial score (nSPS) is 19.3. The van der Waals surface area contributed by atoms with Gasteiger partial charge in [0.05, 0.1) is 11.4 Å². The average Bonchev–Trinajstić information content (AvgIpc) is 2.80. The van der Waals surface area contributed by atoms with E-state index in [1.54, 1.807) is 12.4 Å². The molecule has 2 N–H and O–H groups in total. The number of rotatable bonds is 7. The van der Waals surface area contributed by atoms with E-state index < -0.39 is 5.41 Å². The van der Waals surface area contributed by atoms with Crippen LogP contribution in [0, 0.1) is 0 Å². The number of para-hydroxylation sites is 1. The summed E-state index contributed by atoms with van der Waals surface area (Å²) in [5.41, 5.74) is 7.85. The van der Waals surface area contributed by atoms with Gasteiger partial charge in [-0.05, 0) is 49.7 Å². The lowest BCUT2D eigenvalue weighted by Crippen LogP contribution is -2.53. The van der Waals surface area contributed by atoms with E-state index in [-0.39, 0.29) is 5.91 Å². The predicted octanol–water partition coefficient (Wildman–Crippen LogP) is 3.07. The van der Waals surface area contributed by atoms with E-state index in [0.717, 1.165) is 35.7 Å². The van der Waals surface area contributed by atoms with Gasteiger partial charge in [-0.2, -0.15) is 0 Å². The molecule has 3 heterocycles. The van der Waals surface area contributed by atoms with Gasteiger partial charge in [0.1, 0.15) is 17.8 Å². The quantitative estimate of drug-likeness (QED) is 0.657.